The monoisotopic (exact) mass is 421 g/mol. The van der Waals surface area contributed by atoms with E-state index in [0.717, 1.165) is 0 Å². The summed E-state index contributed by atoms with van der Waals surface area (Å²) in [5.74, 6) is -0.484. The normalized spacial score (nSPS) is 14.1. The van der Waals surface area contributed by atoms with Crippen LogP contribution in [0.15, 0.2) is 36.4 Å². The quantitative estimate of drug-likeness (QED) is 0.556. The lowest BCUT2D eigenvalue weighted by molar-refractivity contribution is -0.384. The van der Waals surface area contributed by atoms with Crippen molar-refractivity contribution >= 4 is 40.7 Å². The van der Waals surface area contributed by atoms with Crippen LogP contribution in [0.3, 0.4) is 0 Å². The molecule has 2 aromatic carbocycles. The lowest BCUT2D eigenvalue weighted by atomic mass is 10.1. The summed E-state index contributed by atoms with van der Waals surface area (Å²) in [7, 11) is 0. The summed E-state index contributed by atoms with van der Waals surface area (Å²) in [6, 6.07) is 8.90. The maximum Gasteiger partial charge on any atom is 0.270 e. The van der Waals surface area contributed by atoms with E-state index in [4.69, 9.17) is 23.2 Å². The van der Waals surface area contributed by atoms with Crippen LogP contribution in [0.2, 0.25) is 10.0 Å². The van der Waals surface area contributed by atoms with Crippen molar-refractivity contribution in [1.82, 2.24) is 9.80 Å². The summed E-state index contributed by atoms with van der Waals surface area (Å²) in [5.41, 5.74) is 1.24. The molecule has 3 rings (SSSR count). The zero-order chi connectivity index (χ0) is 20.4. The first-order valence-electron chi connectivity index (χ1n) is 8.56. The van der Waals surface area contributed by atoms with E-state index < -0.39 is 4.92 Å². The van der Waals surface area contributed by atoms with E-state index >= 15 is 0 Å². The van der Waals surface area contributed by atoms with Crippen LogP contribution in [0.25, 0.3) is 0 Å². The van der Waals surface area contributed by atoms with Gasteiger partial charge in [-0.1, -0.05) is 29.3 Å². The van der Waals surface area contributed by atoms with Gasteiger partial charge in [-0.25, -0.2) is 0 Å². The topological polar surface area (TPSA) is 83.8 Å². The van der Waals surface area contributed by atoms with Crippen LogP contribution >= 0.6 is 23.2 Å². The van der Waals surface area contributed by atoms with Gasteiger partial charge < -0.3 is 9.80 Å². The molecule has 1 heterocycles. The zero-order valence-corrected chi connectivity index (χ0v) is 16.5. The lowest BCUT2D eigenvalue weighted by Gasteiger charge is -2.35. The Bertz CT molecular complexity index is 936. The van der Waals surface area contributed by atoms with Crippen LogP contribution in [0.1, 0.15) is 26.3 Å². The molecule has 9 heteroatoms. The molecule has 146 valence electrons. The van der Waals surface area contributed by atoms with Crippen molar-refractivity contribution in [2.24, 2.45) is 0 Å². The minimum atomic E-state index is -0.525. The molecule has 1 saturated heterocycles. The Kier molecular flexibility index (Phi) is 5.86. The minimum Gasteiger partial charge on any atom is -0.335 e. The molecular formula is C19H17Cl2N3O4. The molecule has 0 atom stereocenters. The van der Waals surface area contributed by atoms with Gasteiger partial charge >= 0.3 is 0 Å². The number of carbonyl (C=O) groups is 2. The molecule has 0 unspecified atom stereocenters. The van der Waals surface area contributed by atoms with Crippen molar-refractivity contribution in [3.63, 3.8) is 0 Å². The number of amides is 2. The smallest absolute Gasteiger partial charge is 0.270 e. The Morgan fingerprint density at radius 3 is 2.00 bits per heavy atom. The molecule has 0 radical (unpaired) electrons. The van der Waals surface area contributed by atoms with Gasteiger partial charge in [-0.15, -0.1) is 0 Å². The Balaban J connectivity index is 1.70. The summed E-state index contributed by atoms with van der Waals surface area (Å²) < 4.78 is 0. The molecule has 1 aliphatic heterocycles. The van der Waals surface area contributed by atoms with Crippen molar-refractivity contribution in [2.75, 3.05) is 26.2 Å². The number of nitrogens with zero attached hydrogens (tertiary/aromatic N) is 3. The van der Waals surface area contributed by atoms with Crippen LogP contribution in [-0.4, -0.2) is 52.7 Å². The molecule has 28 heavy (non-hydrogen) atoms. The number of nitro benzene ring substituents is 1. The second-order valence-corrected chi connectivity index (χ2v) is 7.37. The number of rotatable bonds is 3. The van der Waals surface area contributed by atoms with E-state index in [1.807, 2.05) is 0 Å². The molecule has 0 aliphatic carbocycles. The number of hydrogen-bond acceptors (Lipinski definition) is 4. The highest BCUT2D eigenvalue weighted by atomic mass is 35.5. The van der Waals surface area contributed by atoms with Gasteiger partial charge in [-0.2, -0.15) is 0 Å². The Morgan fingerprint density at radius 1 is 0.929 bits per heavy atom. The highest BCUT2D eigenvalue weighted by Gasteiger charge is 2.27. The predicted octanol–water partition coefficient (Wildman–Crippen LogP) is 3.81. The van der Waals surface area contributed by atoms with Crippen LogP contribution in [-0.2, 0) is 0 Å². The molecule has 0 aromatic heterocycles. The fraction of sp³-hybridized carbons (Fsp3) is 0.263. The summed E-state index contributed by atoms with van der Waals surface area (Å²) in [4.78, 5) is 39.1. The van der Waals surface area contributed by atoms with Crippen molar-refractivity contribution in [2.45, 2.75) is 6.92 Å². The predicted molar refractivity (Wildman–Crippen MR) is 106 cm³/mol. The second-order valence-electron chi connectivity index (χ2n) is 6.50. The molecule has 0 N–H and O–H groups in total. The third-order valence-corrected chi connectivity index (χ3v) is 5.06. The highest BCUT2D eigenvalue weighted by Crippen LogP contribution is 2.22. The van der Waals surface area contributed by atoms with E-state index in [1.54, 1.807) is 41.0 Å². The summed E-state index contributed by atoms with van der Waals surface area (Å²) in [5, 5.41) is 11.7. The van der Waals surface area contributed by atoms with Crippen molar-refractivity contribution in [1.29, 1.82) is 0 Å². The molecule has 0 spiro atoms. The van der Waals surface area contributed by atoms with Crippen LogP contribution < -0.4 is 0 Å². The number of nitro groups is 1. The Labute approximate surface area is 171 Å². The second kappa shape index (κ2) is 8.16. The number of carbonyl (C=O) groups excluding carboxylic acids is 2. The third-order valence-electron chi connectivity index (χ3n) is 4.63. The van der Waals surface area contributed by atoms with Crippen molar-refractivity contribution < 1.29 is 14.5 Å². The molecule has 2 amide bonds. The van der Waals surface area contributed by atoms with Gasteiger partial charge in [0, 0.05) is 59.5 Å². The number of benzene rings is 2. The zero-order valence-electron chi connectivity index (χ0n) is 15.0. The molecule has 2 aromatic rings. The summed E-state index contributed by atoms with van der Waals surface area (Å²) in [6.07, 6.45) is 0. The SMILES string of the molecule is Cc1ccc([N+](=O)[O-])cc1C(=O)N1CCN(C(=O)c2cc(Cl)cc(Cl)c2)CC1. The number of hydrogen-bond donors (Lipinski definition) is 0. The van der Waals surface area contributed by atoms with E-state index in [0.29, 0.717) is 52.9 Å². The maximum absolute atomic E-state index is 12.8. The maximum atomic E-state index is 12.8. The van der Waals surface area contributed by atoms with Gasteiger partial charge in [0.05, 0.1) is 4.92 Å². The van der Waals surface area contributed by atoms with Crippen LogP contribution in [0, 0.1) is 17.0 Å². The van der Waals surface area contributed by atoms with Crippen molar-refractivity contribution in [3.8, 4) is 0 Å². The summed E-state index contributed by atoms with van der Waals surface area (Å²) >= 11 is 11.9. The van der Waals surface area contributed by atoms with Gasteiger partial charge in [0.1, 0.15) is 0 Å². The average Bonchev–Trinajstić information content (AvgIpc) is 2.66. The minimum absolute atomic E-state index is 0.124. The van der Waals surface area contributed by atoms with E-state index in [2.05, 4.69) is 0 Å². The average molecular weight is 422 g/mol. The van der Waals surface area contributed by atoms with E-state index in [9.17, 15) is 19.7 Å². The third kappa shape index (κ3) is 4.26. The Hall–Kier alpha value is -2.64. The first-order valence-corrected chi connectivity index (χ1v) is 9.31. The standard InChI is InChI=1S/C19H17Cl2N3O4/c1-12-2-3-16(24(27)28)11-17(12)19(26)23-6-4-22(5-7-23)18(25)13-8-14(20)10-15(21)9-13/h2-3,8-11H,4-7H2,1H3. The molecule has 7 nitrogen and oxygen atoms in total. The van der Waals surface area contributed by atoms with Gasteiger partial charge in [0.2, 0.25) is 0 Å². The molecule has 0 bridgehead atoms. The number of halogens is 2. The molecule has 1 fully saturated rings. The number of piperazine rings is 1. The molecule has 1 aliphatic rings. The lowest BCUT2D eigenvalue weighted by Crippen LogP contribution is -2.50. The van der Waals surface area contributed by atoms with E-state index in [1.165, 1.54) is 12.1 Å². The van der Waals surface area contributed by atoms with Crippen LogP contribution in [0.4, 0.5) is 5.69 Å². The fourth-order valence-corrected chi connectivity index (χ4v) is 3.62. The number of aryl methyl sites for hydroxylation is 1. The summed E-state index contributed by atoms with van der Waals surface area (Å²) in [6.45, 7) is 3.10. The van der Waals surface area contributed by atoms with Gasteiger partial charge in [0.25, 0.3) is 17.5 Å². The Morgan fingerprint density at radius 2 is 1.46 bits per heavy atom. The van der Waals surface area contributed by atoms with E-state index in [-0.39, 0.29) is 17.5 Å². The highest BCUT2D eigenvalue weighted by molar-refractivity contribution is 6.35. The first-order chi connectivity index (χ1) is 13.3. The van der Waals surface area contributed by atoms with Crippen molar-refractivity contribution in [3.05, 3.63) is 73.2 Å². The molecule has 0 saturated carbocycles. The largest absolute Gasteiger partial charge is 0.335 e. The molecular weight excluding hydrogens is 405 g/mol. The fourth-order valence-electron chi connectivity index (χ4n) is 3.10. The van der Waals surface area contributed by atoms with Crippen LogP contribution in [0.5, 0.6) is 0 Å². The van der Waals surface area contributed by atoms with Gasteiger partial charge in [-0.3, -0.25) is 19.7 Å². The first kappa shape index (κ1) is 20.1. The number of non-ortho nitro benzene ring substituents is 1. The van der Waals surface area contributed by atoms with Gasteiger partial charge in [-0.05, 0) is 30.7 Å². The van der Waals surface area contributed by atoms with Gasteiger partial charge in [0.15, 0.2) is 0 Å².